The summed E-state index contributed by atoms with van der Waals surface area (Å²) >= 11 is 1.34. The molecular formula is C18H12N4O2S. The largest absolute Gasteiger partial charge is 0.424 e. The average molecular weight is 348 g/mol. The van der Waals surface area contributed by atoms with E-state index in [9.17, 15) is 4.79 Å². The number of hydrogen-bond acceptors (Lipinski definition) is 6. The monoisotopic (exact) mass is 348 g/mol. The molecule has 1 N–H and O–H groups in total. The van der Waals surface area contributed by atoms with Crippen LogP contribution in [-0.4, -0.2) is 20.9 Å². The molecule has 4 aromatic rings. The number of benzene rings is 2. The van der Waals surface area contributed by atoms with Crippen LogP contribution in [0.4, 0.5) is 5.69 Å². The maximum absolute atomic E-state index is 12.3. The molecule has 7 heteroatoms. The van der Waals surface area contributed by atoms with Crippen molar-refractivity contribution in [3.05, 3.63) is 72.0 Å². The summed E-state index contributed by atoms with van der Waals surface area (Å²) in [6.07, 6.45) is 2.99. The van der Waals surface area contributed by atoms with Crippen molar-refractivity contribution in [3.8, 4) is 11.8 Å². The molecule has 0 spiro atoms. The smallest absolute Gasteiger partial charge is 0.322 e. The molecule has 122 valence electrons. The molecule has 2 aromatic heterocycles. The second-order valence-corrected chi connectivity index (χ2v) is 6.14. The second-order valence-electron chi connectivity index (χ2n) is 5.11. The number of fused-ring (bicyclic) bond motifs is 1. The number of amides is 1. The lowest BCUT2D eigenvalue weighted by Gasteiger charge is -2.05. The molecule has 0 unspecified atom stereocenters. The van der Waals surface area contributed by atoms with Crippen molar-refractivity contribution >= 4 is 33.1 Å². The van der Waals surface area contributed by atoms with E-state index in [1.807, 2.05) is 54.6 Å². The van der Waals surface area contributed by atoms with E-state index < -0.39 is 0 Å². The van der Waals surface area contributed by atoms with Crippen molar-refractivity contribution in [2.24, 2.45) is 0 Å². The van der Waals surface area contributed by atoms with Crippen LogP contribution in [0.15, 0.2) is 67.0 Å². The Morgan fingerprint density at radius 2 is 1.68 bits per heavy atom. The summed E-state index contributed by atoms with van der Waals surface area (Å²) < 4.78 is 6.49. The maximum Gasteiger partial charge on any atom is 0.322 e. The van der Waals surface area contributed by atoms with Gasteiger partial charge in [0.25, 0.3) is 5.91 Å². The first-order valence-electron chi connectivity index (χ1n) is 7.50. The van der Waals surface area contributed by atoms with Crippen molar-refractivity contribution in [2.45, 2.75) is 0 Å². The number of anilines is 1. The Morgan fingerprint density at radius 3 is 2.44 bits per heavy atom. The van der Waals surface area contributed by atoms with Crippen LogP contribution in [0, 0.1) is 0 Å². The van der Waals surface area contributed by atoms with Crippen LogP contribution in [0.25, 0.3) is 10.2 Å². The molecule has 0 saturated carbocycles. The Hall–Kier alpha value is -3.32. The molecule has 0 aliphatic heterocycles. The lowest BCUT2D eigenvalue weighted by molar-refractivity contribution is 0.102. The van der Waals surface area contributed by atoms with Crippen LogP contribution in [-0.2, 0) is 0 Å². The van der Waals surface area contributed by atoms with Gasteiger partial charge in [0.15, 0.2) is 5.01 Å². The summed E-state index contributed by atoms with van der Waals surface area (Å²) in [5, 5.41) is 3.13. The first-order valence-corrected chi connectivity index (χ1v) is 8.31. The van der Waals surface area contributed by atoms with Crippen LogP contribution in [0.2, 0.25) is 0 Å². The highest BCUT2D eigenvalue weighted by molar-refractivity contribution is 7.20. The number of carbonyl (C=O) groups is 1. The molecule has 25 heavy (non-hydrogen) atoms. The summed E-state index contributed by atoms with van der Waals surface area (Å²) in [5.74, 6) is 0.357. The first kappa shape index (κ1) is 15.2. The Bertz CT molecular complexity index is 983. The molecule has 0 bridgehead atoms. The summed E-state index contributed by atoms with van der Waals surface area (Å²) in [6, 6.07) is 17.1. The molecule has 0 saturated heterocycles. The number of para-hydroxylation sites is 2. The van der Waals surface area contributed by atoms with E-state index in [4.69, 9.17) is 4.74 Å². The zero-order valence-corrected chi connectivity index (χ0v) is 13.7. The fraction of sp³-hybridized carbons (Fsp3) is 0. The topological polar surface area (TPSA) is 77.0 Å². The van der Waals surface area contributed by atoms with Gasteiger partial charge in [0, 0.05) is 0 Å². The SMILES string of the molecule is O=C(Nc1cnc(Oc2ccccc2)nc1)c1nc2ccccc2s1. The third-order valence-corrected chi connectivity index (χ3v) is 4.36. The van der Waals surface area contributed by atoms with Gasteiger partial charge in [-0.25, -0.2) is 15.0 Å². The molecular weight excluding hydrogens is 336 g/mol. The van der Waals surface area contributed by atoms with Crippen LogP contribution in [0.1, 0.15) is 9.80 Å². The van der Waals surface area contributed by atoms with E-state index >= 15 is 0 Å². The number of nitrogens with zero attached hydrogens (tertiary/aromatic N) is 3. The van der Waals surface area contributed by atoms with E-state index in [2.05, 4.69) is 20.3 Å². The number of aromatic nitrogens is 3. The number of ether oxygens (including phenoxy) is 1. The van der Waals surface area contributed by atoms with E-state index in [0.717, 1.165) is 10.2 Å². The molecule has 2 heterocycles. The molecule has 0 fully saturated rings. The van der Waals surface area contributed by atoms with Gasteiger partial charge < -0.3 is 10.1 Å². The second kappa shape index (κ2) is 6.66. The lowest BCUT2D eigenvalue weighted by Crippen LogP contribution is -2.12. The first-order chi connectivity index (χ1) is 12.3. The van der Waals surface area contributed by atoms with Crippen molar-refractivity contribution in [1.82, 2.24) is 15.0 Å². The van der Waals surface area contributed by atoms with Crippen LogP contribution < -0.4 is 10.1 Å². The highest BCUT2D eigenvalue weighted by Crippen LogP contribution is 2.22. The Morgan fingerprint density at radius 1 is 0.960 bits per heavy atom. The quantitative estimate of drug-likeness (QED) is 0.600. The Balaban J connectivity index is 1.46. The van der Waals surface area contributed by atoms with E-state index in [0.29, 0.717) is 16.4 Å². The molecule has 0 aliphatic carbocycles. The Kier molecular flexibility index (Phi) is 4.05. The third-order valence-electron chi connectivity index (χ3n) is 3.33. The molecule has 1 amide bonds. The van der Waals surface area contributed by atoms with Crippen LogP contribution in [0.5, 0.6) is 11.8 Å². The number of nitrogens with one attached hydrogen (secondary N) is 1. The summed E-state index contributed by atoms with van der Waals surface area (Å²) in [7, 11) is 0. The number of carbonyl (C=O) groups excluding carboxylic acids is 1. The zero-order valence-electron chi connectivity index (χ0n) is 12.9. The maximum atomic E-state index is 12.3. The van der Waals surface area contributed by atoms with Gasteiger partial charge in [-0.15, -0.1) is 11.3 Å². The fourth-order valence-electron chi connectivity index (χ4n) is 2.18. The molecule has 0 radical (unpaired) electrons. The highest BCUT2D eigenvalue weighted by atomic mass is 32.1. The van der Waals surface area contributed by atoms with Gasteiger partial charge in [-0.3, -0.25) is 4.79 Å². The summed E-state index contributed by atoms with van der Waals surface area (Å²) in [6.45, 7) is 0. The van der Waals surface area contributed by atoms with Gasteiger partial charge in [0.05, 0.1) is 28.3 Å². The minimum Gasteiger partial charge on any atom is -0.424 e. The Labute approximate surface area is 147 Å². The zero-order chi connectivity index (χ0) is 17.1. The van der Waals surface area contributed by atoms with Crippen molar-refractivity contribution in [2.75, 3.05) is 5.32 Å². The van der Waals surface area contributed by atoms with Gasteiger partial charge in [-0.1, -0.05) is 30.3 Å². The molecule has 2 aromatic carbocycles. The van der Waals surface area contributed by atoms with E-state index in [-0.39, 0.29) is 11.9 Å². The van der Waals surface area contributed by atoms with Crippen LogP contribution in [0.3, 0.4) is 0 Å². The van der Waals surface area contributed by atoms with Crippen molar-refractivity contribution in [3.63, 3.8) is 0 Å². The fourth-order valence-corrected chi connectivity index (χ4v) is 3.04. The molecule has 0 aliphatic rings. The predicted octanol–water partition coefficient (Wildman–Crippen LogP) is 4.13. The number of hydrogen-bond donors (Lipinski definition) is 1. The van der Waals surface area contributed by atoms with Gasteiger partial charge in [-0.2, -0.15) is 0 Å². The van der Waals surface area contributed by atoms with Gasteiger partial charge >= 0.3 is 6.01 Å². The lowest BCUT2D eigenvalue weighted by atomic mass is 10.3. The number of thiazole rings is 1. The average Bonchev–Trinajstić information content (AvgIpc) is 3.09. The van der Waals surface area contributed by atoms with Gasteiger partial charge in [0.2, 0.25) is 0 Å². The van der Waals surface area contributed by atoms with Crippen molar-refractivity contribution < 1.29 is 9.53 Å². The minimum atomic E-state index is -0.290. The standard InChI is InChI=1S/C18H12N4O2S/c23-16(17-22-14-8-4-5-9-15(14)25-17)21-12-10-19-18(20-11-12)24-13-6-2-1-3-7-13/h1-11H,(H,21,23). The summed E-state index contributed by atoms with van der Waals surface area (Å²) in [4.78, 5) is 24.8. The van der Waals surface area contributed by atoms with E-state index in [1.165, 1.54) is 23.7 Å². The molecule has 4 rings (SSSR count). The van der Waals surface area contributed by atoms with Crippen molar-refractivity contribution in [1.29, 1.82) is 0 Å². The van der Waals surface area contributed by atoms with Gasteiger partial charge in [0.1, 0.15) is 5.75 Å². The highest BCUT2D eigenvalue weighted by Gasteiger charge is 2.12. The van der Waals surface area contributed by atoms with Gasteiger partial charge in [-0.05, 0) is 24.3 Å². The third kappa shape index (κ3) is 3.46. The molecule has 0 atom stereocenters. The summed E-state index contributed by atoms with van der Waals surface area (Å²) in [5.41, 5.74) is 1.28. The predicted molar refractivity (Wildman–Crippen MR) is 96.1 cm³/mol. The molecule has 6 nitrogen and oxygen atoms in total. The van der Waals surface area contributed by atoms with E-state index in [1.54, 1.807) is 0 Å². The normalized spacial score (nSPS) is 10.6. The van der Waals surface area contributed by atoms with Crippen LogP contribution >= 0.6 is 11.3 Å². The minimum absolute atomic E-state index is 0.212. The number of rotatable bonds is 4.